The first-order chi connectivity index (χ1) is 10.8. The van der Waals surface area contributed by atoms with E-state index in [4.69, 9.17) is 0 Å². The third-order valence-electron chi connectivity index (χ3n) is 3.94. The molecule has 2 heterocycles. The summed E-state index contributed by atoms with van der Waals surface area (Å²) < 4.78 is 3.73. The predicted molar refractivity (Wildman–Crippen MR) is 90.6 cm³/mol. The van der Waals surface area contributed by atoms with Gasteiger partial charge in [-0.05, 0) is 39.8 Å². The van der Waals surface area contributed by atoms with Crippen molar-refractivity contribution >= 4 is 22.9 Å². The Morgan fingerprint density at radius 3 is 2.52 bits per heavy atom. The standard InChI is InChI=1S/C17H21N5O/c1-11-12(10-18-21(11)5)15(23)20-16-19-13-8-6-7-9-14(13)22(16)17(2,3)4/h6-10H,1-5H3,(H,19,20,23). The number of para-hydroxylation sites is 2. The molecule has 0 spiro atoms. The van der Waals surface area contributed by atoms with E-state index < -0.39 is 0 Å². The fourth-order valence-electron chi connectivity index (χ4n) is 2.68. The van der Waals surface area contributed by atoms with Gasteiger partial charge in [0, 0.05) is 18.3 Å². The fourth-order valence-corrected chi connectivity index (χ4v) is 2.68. The Kier molecular flexibility index (Phi) is 3.47. The average Bonchev–Trinajstić information content (AvgIpc) is 2.99. The molecule has 0 saturated heterocycles. The van der Waals surface area contributed by atoms with Gasteiger partial charge in [0.1, 0.15) is 0 Å². The normalized spacial score (nSPS) is 11.9. The average molecular weight is 311 g/mol. The molecular weight excluding hydrogens is 290 g/mol. The van der Waals surface area contributed by atoms with E-state index >= 15 is 0 Å². The lowest BCUT2D eigenvalue weighted by molar-refractivity contribution is 0.102. The van der Waals surface area contributed by atoms with Crippen molar-refractivity contribution in [2.24, 2.45) is 7.05 Å². The van der Waals surface area contributed by atoms with E-state index in [9.17, 15) is 4.79 Å². The van der Waals surface area contributed by atoms with Gasteiger partial charge in [-0.2, -0.15) is 5.10 Å². The monoisotopic (exact) mass is 311 g/mol. The van der Waals surface area contributed by atoms with E-state index in [0.717, 1.165) is 16.7 Å². The Morgan fingerprint density at radius 2 is 1.91 bits per heavy atom. The summed E-state index contributed by atoms with van der Waals surface area (Å²) in [6, 6.07) is 7.88. The summed E-state index contributed by atoms with van der Waals surface area (Å²) >= 11 is 0. The van der Waals surface area contributed by atoms with Crippen LogP contribution in [0.3, 0.4) is 0 Å². The molecule has 23 heavy (non-hydrogen) atoms. The number of benzene rings is 1. The van der Waals surface area contributed by atoms with Crippen LogP contribution >= 0.6 is 0 Å². The zero-order valence-electron chi connectivity index (χ0n) is 14.1. The van der Waals surface area contributed by atoms with E-state index in [0.29, 0.717) is 11.5 Å². The lowest BCUT2D eigenvalue weighted by atomic mass is 10.1. The number of hydrogen-bond donors (Lipinski definition) is 1. The molecule has 3 rings (SSSR count). The summed E-state index contributed by atoms with van der Waals surface area (Å²) in [7, 11) is 1.82. The number of aromatic nitrogens is 4. The number of fused-ring (bicyclic) bond motifs is 1. The molecule has 1 N–H and O–H groups in total. The number of imidazole rings is 1. The molecule has 0 fully saturated rings. The zero-order chi connectivity index (χ0) is 16.8. The van der Waals surface area contributed by atoms with E-state index in [1.165, 1.54) is 0 Å². The molecule has 1 amide bonds. The van der Waals surface area contributed by atoms with Crippen LogP contribution in [0.15, 0.2) is 30.5 Å². The number of carbonyl (C=O) groups is 1. The van der Waals surface area contributed by atoms with Crippen molar-refractivity contribution in [1.82, 2.24) is 19.3 Å². The van der Waals surface area contributed by atoms with Gasteiger partial charge in [-0.25, -0.2) is 4.98 Å². The van der Waals surface area contributed by atoms with Gasteiger partial charge in [0.05, 0.1) is 22.8 Å². The minimum absolute atomic E-state index is 0.198. The van der Waals surface area contributed by atoms with Gasteiger partial charge in [0.25, 0.3) is 5.91 Å². The predicted octanol–water partition coefficient (Wildman–Crippen LogP) is 3.09. The summed E-state index contributed by atoms with van der Waals surface area (Å²) in [6.45, 7) is 8.14. The second kappa shape index (κ2) is 5.22. The first-order valence-corrected chi connectivity index (χ1v) is 7.57. The van der Waals surface area contributed by atoms with Crippen LogP contribution in [-0.4, -0.2) is 25.2 Å². The van der Waals surface area contributed by atoms with Crippen molar-refractivity contribution in [2.45, 2.75) is 33.2 Å². The molecule has 0 saturated carbocycles. The Hall–Kier alpha value is -2.63. The maximum absolute atomic E-state index is 12.6. The summed E-state index contributed by atoms with van der Waals surface area (Å²) in [6.07, 6.45) is 1.58. The number of amides is 1. The van der Waals surface area contributed by atoms with Crippen LogP contribution in [0, 0.1) is 6.92 Å². The van der Waals surface area contributed by atoms with Gasteiger partial charge in [-0.1, -0.05) is 12.1 Å². The fraction of sp³-hybridized carbons (Fsp3) is 0.353. The minimum Gasteiger partial charge on any atom is -0.305 e. The minimum atomic E-state index is -0.206. The van der Waals surface area contributed by atoms with E-state index in [2.05, 4.69) is 36.2 Å². The Morgan fingerprint density at radius 1 is 1.22 bits per heavy atom. The smallest absolute Gasteiger partial charge is 0.261 e. The molecule has 0 radical (unpaired) electrons. The van der Waals surface area contributed by atoms with Crippen LogP contribution in [0.5, 0.6) is 0 Å². The largest absolute Gasteiger partial charge is 0.305 e. The van der Waals surface area contributed by atoms with E-state index in [1.807, 2.05) is 42.8 Å². The van der Waals surface area contributed by atoms with Crippen LogP contribution in [0.2, 0.25) is 0 Å². The second-order valence-electron chi connectivity index (χ2n) is 6.65. The number of aryl methyl sites for hydroxylation is 1. The molecule has 0 aliphatic carbocycles. The first-order valence-electron chi connectivity index (χ1n) is 7.57. The molecule has 1 aromatic carbocycles. The highest BCUT2D eigenvalue weighted by Crippen LogP contribution is 2.28. The van der Waals surface area contributed by atoms with Gasteiger partial charge in [-0.3, -0.25) is 14.8 Å². The van der Waals surface area contributed by atoms with Crippen LogP contribution in [0.1, 0.15) is 36.8 Å². The number of hydrogen-bond acceptors (Lipinski definition) is 3. The third-order valence-corrected chi connectivity index (χ3v) is 3.94. The Bertz CT molecular complexity index is 882. The number of anilines is 1. The topological polar surface area (TPSA) is 64.7 Å². The maximum atomic E-state index is 12.6. The van der Waals surface area contributed by atoms with E-state index in [1.54, 1.807) is 10.9 Å². The van der Waals surface area contributed by atoms with Crippen molar-refractivity contribution in [3.8, 4) is 0 Å². The lowest BCUT2D eigenvalue weighted by Gasteiger charge is -2.24. The van der Waals surface area contributed by atoms with Crippen molar-refractivity contribution in [3.05, 3.63) is 41.7 Å². The summed E-state index contributed by atoms with van der Waals surface area (Å²) in [4.78, 5) is 17.2. The van der Waals surface area contributed by atoms with Crippen molar-refractivity contribution < 1.29 is 4.79 Å². The van der Waals surface area contributed by atoms with Crippen LogP contribution in [0.25, 0.3) is 11.0 Å². The van der Waals surface area contributed by atoms with Crippen molar-refractivity contribution in [3.63, 3.8) is 0 Å². The molecule has 6 nitrogen and oxygen atoms in total. The molecule has 0 unspecified atom stereocenters. The van der Waals surface area contributed by atoms with E-state index in [-0.39, 0.29) is 11.4 Å². The lowest BCUT2D eigenvalue weighted by Crippen LogP contribution is -2.26. The molecular formula is C17H21N5O. The van der Waals surface area contributed by atoms with Crippen LogP contribution in [0.4, 0.5) is 5.95 Å². The Labute approximate surface area is 135 Å². The summed E-state index contributed by atoms with van der Waals surface area (Å²) in [5.41, 5.74) is 3.03. The van der Waals surface area contributed by atoms with Crippen molar-refractivity contribution in [1.29, 1.82) is 0 Å². The summed E-state index contributed by atoms with van der Waals surface area (Å²) in [5, 5.41) is 7.06. The summed E-state index contributed by atoms with van der Waals surface area (Å²) in [5.74, 6) is 0.350. The maximum Gasteiger partial charge on any atom is 0.261 e. The number of carbonyl (C=O) groups excluding carboxylic acids is 1. The quantitative estimate of drug-likeness (QED) is 0.791. The zero-order valence-corrected chi connectivity index (χ0v) is 14.1. The number of rotatable bonds is 2. The second-order valence-corrected chi connectivity index (χ2v) is 6.65. The van der Waals surface area contributed by atoms with Crippen molar-refractivity contribution in [2.75, 3.05) is 5.32 Å². The SMILES string of the molecule is Cc1c(C(=O)Nc2nc3ccccc3n2C(C)(C)C)cnn1C. The highest BCUT2D eigenvalue weighted by Gasteiger charge is 2.23. The molecule has 2 aromatic heterocycles. The van der Waals surface area contributed by atoms with Crippen LogP contribution < -0.4 is 5.32 Å². The molecule has 120 valence electrons. The number of nitrogens with one attached hydrogen (secondary N) is 1. The highest BCUT2D eigenvalue weighted by molar-refractivity contribution is 6.04. The molecule has 0 aliphatic heterocycles. The molecule has 6 heteroatoms. The molecule has 0 aliphatic rings. The van der Waals surface area contributed by atoms with Gasteiger partial charge >= 0.3 is 0 Å². The Balaban J connectivity index is 2.06. The third kappa shape index (κ3) is 2.60. The van der Waals surface area contributed by atoms with Gasteiger partial charge in [0.15, 0.2) is 0 Å². The highest BCUT2D eigenvalue weighted by atomic mass is 16.1. The van der Waals surface area contributed by atoms with Gasteiger partial charge < -0.3 is 4.57 Å². The molecule has 3 aromatic rings. The number of nitrogens with zero attached hydrogens (tertiary/aromatic N) is 4. The van der Waals surface area contributed by atoms with Gasteiger partial charge in [0.2, 0.25) is 5.95 Å². The molecule has 0 atom stereocenters. The van der Waals surface area contributed by atoms with Gasteiger partial charge in [-0.15, -0.1) is 0 Å². The van der Waals surface area contributed by atoms with Crippen LogP contribution in [-0.2, 0) is 12.6 Å². The molecule has 0 bridgehead atoms. The first kappa shape index (κ1) is 15.3.